The molecular weight excluding hydrogens is 374 g/mol. The van der Waals surface area contributed by atoms with E-state index >= 15 is 0 Å². The van der Waals surface area contributed by atoms with Crippen molar-refractivity contribution in [3.8, 4) is 0 Å². The van der Waals surface area contributed by atoms with Crippen LogP contribution in [0.15, 0.2) is 53.6 Å². The monoisotopic (exact) mass is 397 g/mol. The highest BCUT2D eigenvalue weighted by molar-refractivity contribution is 7.89. The van der Waals surface area contributed by atoms with E-state index in [2.05, 4.69) is 9.71 Å². The quantitative estimate of drug-likeness (QED) is 0.694. The van der Waals surface area contributed by atoms with E-state index in [9.17, 15) is 13.2 Å². The molecule has 0 saturated carbocycles. The van der Waals surface area contributed by atoms with E-state index in [1.165, 1.54) is 0 Å². The molecule has 1 aliphatic heterocycles. The highest BCUT2D eigenvalue weighted by Gasteiger charge is 2.29. The van der Waals surface area contributed by atoms with Gasteiger partial charge in [0.2, 0.25) is 15.9 Å². The van der Waals surface area contributed by atoms with Gasteiger partial charge >= 0.3 is 0 Å². The van der Waals surface area contributed by atoms with Crippen molar-refractivity contribution in [1.82, 2.24) is 9.71 Å². The Morgan fingerprint density at radius 2 is 1.93 bits per heavy atom. The number of nitrogens with one attached hydrogen (secondary N) is 2. The third kappa shape index (κ3) is 3.10. The second-order valence-electron chi connectivity index (χ2n) is 7.88. The van der Waals surface area contributed by atoms with Crippen LogP contribution >= 0.6 is 0 Å². The van der Waals surface area contributed by atoms with Crippen LogP contribution in [0.1, 0.15) is 25.0 Å². The number of carbonyl (C=O) groups excluding carboxylic acids is 1. The van der Waals surface area contributed by atoms with Crippen molar-refractivity contribution in [1.29, 1.82) is 0 Å². The maximum Gasteiger partial charge on any atom is 0.240 e. The zero-order valence-corrected chi connectivity index (χ0v) is 16.9. The maximum absolute atomic E-state index is 12.9. The lowest BCUT2D eigenvalue weighted by molar-refractivity contribution is -0.117. The molecule has 0 aliphatic carbocycles. The number of aromatic nitrogens is 1. The van der Waals surface area contributed by atoms with Crippen molar-refractivity contribution in [2.75, 3.05) is 18.5 Å². The summed E-state index contributed by atoms with van der Waals surface area (Å²) >= 11 is 0. The van der Waals surface area contributed by atoms with E-state index in [1.54, 1.807) is 30.1 Å². The number of anilines is 1. The molecule has 4 rings (SSSR count). The van der Waals surface area contributed by atoms with Gasteiger partial charge in [-0.2, -0.15) is 0 Å². The number of amides is 1. The molecule has 0 bridgehead atoms. The lowest BCUT2D eigenvalue weighted by atomic mass is 9.85. The highest BCUT2D eigenvalue weighted by Crippen LogP contribution is 2.32. The normalized spacial score (nSPS) is 14.7. The SMILES string of the molecule is CN1C(=O)Cc2cc(S(=O)(=O)NCC(C)(C)c3c[nH]c4ccccc34)ccc21. The van der Waals surface area contributed by atoms with E-state index in [0.717, 1.165) is 27.7 Å². The summed E-state index contributed by atoms with van der Waals surface area (Å²) in [6.07, 6.45) is 2.17. The summed E-state index contributed by atoms with van der Waals surface area (Å²) in [6.45, 7) is 4.29. The van der Waals surface area contributed by atoms with Gasteiger partial charge in [-0.05, 0) is 35.4 Å². The van der Waals surface area contributed by atoms with E-state index in [0.29, 0.717) is 0 Å². The van der Waals surface area contributed by atoms with Crippen molar-refractivity contribution < 1.29 is 13.2 Å². The molecule has 0 unspecified atom stereocenters. The number of carbonyl (C=O) groups is 1. The number of likely N-dealkylation sites (N-methyl/N-ethyl adjacent to an activating group) is 1. The Bertz CT molecular complexity index is 1180. The molecule has 6 nitrogen and oxygen atoms in total. The fourth-order valence-electron chi connectivity index (χ4n) is 3.70. The Morgan fingerprint density at radius 3 is 2.71 bits per heavy atom. The third-order valence-corrected chi connectivity index (χ3v) is 6.86. The maximum atomic E-state index is 12.9. The van der Waals surface area contributed by atoms with Crippen LogP contribution in [0.5, 0.6) is 0 Å². The van der Waals surface area contributed by atoms with Crippen molar-refractivity contribution in [3.05, 3.63) is 59.8 Å². The van der Waals surface area contributed by atoms with Gasteiger partial charge in [0.25, 0.3) is 0 Å². The number of benzene rings is 2. The molecule has 28 heavy (non-hydrogen) atoms. The summed E-state index contributed by atoms with van der Waals surface area (Å²) in [5.74, 6) is -0.0297. The molecule has 1 aliphatic rings. The summed E-state index contributed by atoms with van der Waals surface area (Å²) in [6, 6.07) is 12.8. The van der Waals surface area contributed by atoms with Gasteiger partial charge in [0.1, 0.15) is 0 Å². The van der Waals surface area contributed by atoms with E-state index < -0.39 is 15.4 Å². The predicted octanol–water partition coefficient (Wildman–Crippen LogP) is 2.94. The summed E-state index contributed by atoms with van der Waals surface area (Å²) in [5, 5.41) is 1.09. The number of hydrogen-bond donors (Lipinski definition) is 2. The summed E-state index contributed by atoms with van der Waals surface area (Å²) in [7, 11) is -1.99. The lowest BCUT2D eigenvalue weighted by Gasteiger charge is -2.25. The molecule has 2 aromatic carbocycles. The van der Waals surface area contributed by atoms with Gasteiger partial charge in [-0.1, -0.05) is 32.0 Å². The summed E-state index contributed by atoms with van der Waals surface area (Å²) < 4.78 is 28.5. The minimum atomic E-state index is -3.68. The minimum Gasteiger partial charge on any atom is -0.361 e. The van der Waals surface area contributed by atoms with E-state index in [-0.39, 0.29) is 23.8 Å². The zero-order chi connectivity index (χ0) is 20.1. The minimum absolute atomic E-state index is 0.0297. The molecule has 0 saturated heterocycles. The van der Waals surface area contributed by atoms with Crippen molar-refractivity contribution in [2.24, 2.45) is 0 Å². The zero-order valence-electron chi connectivity index (χ0n) is 16.1. The van der Waals surface area contributed by atoms with Crippen LogP contribution in [0.4, 0.5) is 5.69 Å². The second-order valence-corrected chi connectivity index (χ2v) is 9.64. The fraction of sp³-hybridized carbons (Fsp3) is 0.286. The Kier molecular flexibility index (Phi) is 4.32. The molecule has 0 radical (unpaired) electrons. The first-order valence-corrected chi connectivity index (χ1v) is 10.6. The van der Waals surface area contributed by atoms with Gasteiger partial charge in [-0.25, -0.2) is 13.1 Å². The fourth-order valence-corrected chi connectivity index (χ4v) is 4.96. The van der Waals surface area contributed by atoms with Crippen LogP contribution in [0.25, 0.3) is 10.9 Å². The average Bonchev–Trinajstić information content (AvgIpc) is 3.22. The van der Waals surface area contributed by atoms with Crippen LogP contribution in [-0.2, 0) is 26.7 Å². The molecule has 7 heteroatoms. The average molecular weight is 398 g/mol. The topological polar surface area (TPSA) is 82.3 Å². The molecule has 1 aromatic heterocycles. The Balaban J connectivity index is 1.57. The van der Waals surface area contributed by atoms with Crippen LogP contribution in [0.3, 0.4) is 0 Å². The van der Waals surface area contributed by atoms with Gasteiger partial charge < -0.3 is 9.88 Å². The first-order valence-electron chi connectivity index (χ1n) is 9.15. The first-order chi connectivity index (χ1) is 13.2. The number of rotatable bonds is 5. The molecule has 0 fully saturated rings. The third-order valence-electron chi connectivity index (χ3n) is 5.46. The van der Waals surface area contributed by atoms with Crippen LogP contribution in [-0.4, -0.2) is 32.9 Å². The molecule has 2 N–H and O–H groups in total. The number of aromatic amines is 1. The van der Waals surface area contributed by atoms with Gasteiger partial charge in [-0.15, -0.1) is 0 Å². The molecule has 0 spiro atoms. The first kappa shape index (κ1) is 18.7. The molecule has 2 heterocycles. The molecule has 3 aromatic rings. The standard InChI is InChI=1S/C21H23N3O3S/c1-21(2,17-12-22-18-7-5-4-6-16(17)18)13-23-28(26,27)15-8-9-19-14(10-15)11-20(25)24(19)3/h4-10,12,22-23H,11,13H2,1-3H3. The molecule has 1 amide bonds. The Labute approximate surface area is 164 Å². The molecule has 0 atom stereocenters. The van der Waals surface area contributed by atoms with Crippen molar-refractivity contribution in [2.45, 2.75) is 30.6 Å². The Morgan fingerprint density at radius 1 is 1.18 bits per heavy atom. The number of fused-ring (bicyclic) bond motifs is 2. The van der Waals surface area contributed by atoms with Gasteiger partial charge in [0.05, 0.1) is 11.3 Å². The second kappa shape index (κ2) is 6.46. The van der Waals surface area contributed by atoms with E-state index in [1.807, 2.05) is 44.3 Å². The smallest absolute Gasteiger partial charge is 0.240 e. The molecular formula is C21H23N3O3S. The van der Waals surface area contributed by atoms with Gasteiger partial charge in [0, 0.05) is 41.8 Å². The summed E-state index contributed by atoms with van der Waals surface area (Å²) in [4.78, 5) is 16.8. The van der Waals surface area contributed by atoms with E-state index in [4.69, 9.17) is 0 Å². The lowest BCUT2D eigenvalue weighted by Crippen LogP contribution is -2.36. The Hall–Kier alpha value is -2.64. The van der Waals surface area contributed by atoms with Gasteiger partial charge in [-0.3, -0.25) is 4.79 Å². The van der Waals surface area contributed by atoms with Gasteiger partial charge in [0.15, 0.2) is 0 Å². The predicted molar refractivity (Wildman–Crippen MR) is 110 cm³/mol. The largest absolute Gasteiger partial charge is 0.361 e. The number of H-pyrrole nitrogens is 1. The van der Waals surface area contributed by atoms with Crippen molar-refractivity contribution >= 4 is 32.5 Å². The number of para-hydroxylation sites is 1. The van der Waals surface area contributed by atoms with Crippen LogP contribution < -0.4 is 9.62 Å². The van der Waals surface area contributed by atoms with Crippen LogP contribution in [0, 0.1) is 0 Å². The molecule has 146 valence electrons. The summed E-state index contributed by atoms with van der Waals surface area (Å²) in [5.41, 5.74) is 3.20. The highest BCUT2D eigenvalue weighted by atomic mass is 32.2. The van der Waals surface area contributed by atoms with Crippen LogP contribution in [0.2, 0.25) is 0 Å². The number of hydrogen-bond acceptors (Lipinski definition) is 3. The van der Waals surface area contributed by atoms with Crippen molar-refractivity contribution in [3.63, 3.8) is 0 Å². The number of sulfonamides is 1. The number of nitrogens with zero attached hydrogens (tertiary/aromatic N) is 1.